The van der Waals surface area contributed by atoms with Crippen LogP contribution in [-0.4, -0.2) is 69.8 Å². The second kappa shape index (κ2) is 12.2. The largest absolute Gasteiger partial charge is 0.481 e. The number of fused-ring (bicyclic) bond motifs is 5. The number of aliphatic carboxylic acids is 2. The standard InChI is InChI=1S/C31H41NO11/c1-17(33)43-31(24(35)16-42-27(39)7-6-25(36)32-23(28(40)41)15-26(37)38)13-10-22-20-5-4-18-14-19(34)8-11-29(18,2)21(20)9-12-30(22,31)3/h14,20-23H,4-13,15-16H2,1-3H3,(H,32,36)(H,37,38)(H,40,41)/t20-,21+,22+,23+,29-,30-,31-/m0/s1. The quantitative estimate of drug-likeness (QED) is 0.294. The zero-order chi connectivity index (χ0) is 31.7. The number of carbonyl (C=O) groups is 7. The molecule has 0 spiro atoms. The summed E-state index contributed by atoms with van der Waals surface area (Å²) in [6.45, 7) is 4.88. The molecule has 0 aromatic carbocycles. The first kappa shape index (κ1) is 32.3. The third-order valence-corrected chi connectivity index (χ3v) is 10.8. The van der Waals surface area contributed by atoms with Crippen LogP contribution in [0.25, 0.3) is 0 Å². The van der Waals surface area contributed by atoms with Crippen LogP contribution < -0.4 is 5.32 Å². The highest BCUT2D eigenvalue weighted by Gasteiger charge is 2.68. The topological polar surface area (TPSA) is 190 Å². The number of allylic oxidation sites excluding steroid dienone is 1. The van der Waals surface area contributed by atoms with Crippen molar-refractivity contribution in [2.75, 3.05) is 6.61 Å². The van der Waals surface area contributed by atoms with Crippen molar-refractivity contribution in [1.82, 2.24) is 5.32 Å². The third-order valence-electron chi connectivity index (χ3n) is 10.8. The van der Waals surface area contributed by atoms with Gasteiger partial charge in [-0.05, 0) is 74.2 Å². The molecule has 0 saturated heterocycles. The number of hydrogen-bond donors (Lipinski definition) is 3. The Morgan fingerprint density at radius 1 is 0.977 bits per heavy atom. The summed E-state index contributed by atoms with van der Waals surface area (Å²) in [7, 11) is 0. The molecule has 0 heterocycles. The van der Waals surface area contributed by atoms with Crippen LogP contribution in [0.2, 0.25) is 0 Å². The number of nitrogens with one attached hydrogen (secondary N) is 1. The van der Waals surface area contributed by atoms with Crippen LogP contribution in [0.3, 0.4) is 0 Å². The molecule has 0 aromatic heterocycles. The molecular formula is C31H41NO11. The van der Waals surface area contributed by atoms with E-state index in [-0.39, 0.29) is 17.1 Å². The van der Waals surface area contributed by atoms with Crippen molar-refractivity contribution in [3.05, 3.63) is 11.6 Å². The van der Waals surface area contributed by atoms with Crippen LogP contribution >= 0.6 is 0 Å². The Morgan fingerprint density at radius 3 is 2.33 bits per heavy atom. The summed E-state index contributed by atoms with van der Waals surface area (Å²) in [6, 6.07) is -1.65. The van der Waals surface area contributed by atoms with Crippen LogP contribution in [0.1, 0.15) is 91.4 Å². The number of Topliss-reactive ketones (excluding diaryl/α,β-unsaturated/α-hetero) is 1. The summed E-state index contributed by atoms with van der Waals surface area (Å²) >= 11 is 0. The predicted octanol–water partition coefficient (Wildman–Crippen LogP) is 2.76. The summed E-state index contributed by atoms with van der Waals surface area (Å²) in [4.78, 5) is 84.8. The van der Waals surface area contributed by atoms with Gasteiger partial charge in [-0.3, -0.25) is 28.8 Å². The zero-order valence-electron chi connectivity index (χ0n) is 24.9. The lowest BCUT2D eigenvalue weighted by atomic mass is 9.46. The first-order valence-electron chi connectivity index (χ1n) is 15.0. The lowest BCUT2D eigenvalue weighted by Crippen LogP contribution is -2.59. The Kier molecular flexibility index (Phi) is 9.18. The minimum atomic E-state index is -1.65. The second-order valence-corrected chi connectivity index (χ2v) is 13.0. The highest BCUT2D eigenvalue weighted by Crippen LogP contribution is 2.68. The predicted molar refractivity (Wildman–Crippen MR) is 148 cm³/mol. The molecule has 0 aromatic rings. The van der Waals surface area contributed by atoms with Crippen molar-refractivity contribution in [2.45, 2.75) is 103 Å². The van der Waals surface area contributed by atoms with Crippen LogP contribution in [0.5, 0.6) is 0 Å². The third kappa shape index (κ3) is 6.10. The molecule has 0 bridgehead atoms. The van der Waals surface area contributed by atoms with E-state index in [1.807, 2.05) is 18.3 Å². The van der Waals surface area contributed by atoms with Gasteiger partial charge in [0.25, 0.3) is 0 Å². The van der Waals surface area contributed by atoms with Gasteiger partial charge in [0.2, 0.25) is 11.7 Å². The molecule has 3 fully saturated rings. The molecule has 0 aliphatic heterocycles. The molecule has 3 saturated carbocycles. The van der Waals surface area contributed by atoms with Gasteiger partial charge in [-0.25, -0.2) is 4.79 Å². The van der Waals surface area contributed by atoms with Gasteiger partial charge in [-0.1, -0.05) is 19.4 Å². The first-order valence-corrected chi connectivity index (χ1v) is 15.0. The van der Waals surface area contributed by atoms with Crippen molar-refractivity contribution in [2.24, 2.45) is 28.6 Å². The van der Waals surface area contributed by atoms with Gasteiger partial charge in [0.1, 0.15) is 6.04 Å². The normalized spacial score (nSPS) is 33.5. The Balaban J connectivity index is 1.42. The fourth-order valence-electron chi connectivity index (χ4n) is 8.68. The van der Waals surface area contributed by atoms with Gasteiger partial charge in [-0.15, -0.1) is 0 Å². The lowest BCUT2D eigenvalue weighted by molar-refractivity contribution is -0.191. The number of carboxylic acid groups (broad SMARTS) is 2. The fraction of sp³-hybridized carbons (Fsp3) is 0.710. The first-order chi connectivity index (χ1) is 20.1. The van der Waals surface area contributed by atoms with Gasteiger partial charge in [0, 0.05) is 25.2 Å². The van der Waals surface area contributed by atoms with Gasteiger partial charge in [0.05, 0.1) is 12.8 Å². The smallest absolute Gasteiger partial charge is 0.326 e. The average molecular weight is 604 g/mol. The summed E-state index contributed by atoms with van der Waals surface area (Å²) < 4.78 is 11.1. The van der Waals surface area contributed by atoms with Crippen molar-refractivity contribution >= 4 is 41.4 Å². The monoisotopic (exact) mass is 603 g/mol. The van der Waals surface area contributed by atoms with E-state index in [9.17, 15) is 33.6 Å². The molecular weight excluding hydrogens is 562 g/mol. The van der Waals surface area contributed by atoms with Crippen molar-refractivity contribution < 1.29 is 53.2 Å². The van der Waals surface area contributed by atoms with Crippen molar-refractivity contribution in [3.8, 4) is 0 Å². The lowest BCUT2D eigenvalue weighted by Gasteiger charge is -2.59. The van der Waals surface area contributed by atoms with E-state index in [4.69, 9.17) is 19.7 Å². The molecule has 1 amide bonds. The molecule has 43 heavy (non-hydrogen) atoms. The second-order valence-electron chi connectivity index (χ2n) is 13.0. The average Bonchev–Trinajstić information content (AvgIpc) is 3.22. The number of ether oxygens (including phenoxy) is 2. The number of amides is 1. The van der Waals surface area contributed by atoms with E-state index in [1.54, 1.807) is 0 Å². The summed E-state index contributed by atoms with van der Waals surface area (Å²) in [5.41, 5.74) is -0.956. The molecule has 4 aliphatic carbocycles. The Morgan fingerprint density at radius 2 is 1.67 bits per heavy atom. The number of rotatable bonds is 11. The highest BCUT2D eigenvalue weighted by atomic mass is 16.6. The Hall–Kier alpha value is -3.57. The number of carboxylic acids is 2. The molecule has 4 aliphatic rings. The van der Waals surface area contributed by atoms with Gasteiger partial charge in [0.15, 0.2) is 18.0 Å². The number of ketones is 2. The maximum Gasteiger partial charge on any atom is 0.326 e. The van der Waals surface area contributed by atoms with Gasteiger partial charge < -0.3 is 25.0 Å². The minimum Gasteiger partial charge on any atom is -0.481 e. The van der Waals surface area contributed by atoms with E-state index in [0.29, 0.717) is 37.5 Å². The molecule has 3 N–H and O–H groups in total. The zero-order valence-corrected chi connectivity index (χ0v) is 24.9. The van der Waals surface area contributed by atoms with Crippen LogP contribution in [0, 0.1) is 28.6 Å². The maximum atomic E-state index is 13.8. The molecule has 0 unspecified atom stereocenters. The van der Waals surface area contributed by atoms with E-state index >= 15 is 0 Å². The van der Waals surface area contributed by atoms with E-state index in [0.717, 1.165) is 25.7 Å². The number of carbonyl (C=O) groups excluding carboxylic acids is 5. The van der Waals surface area contributed by atoms with Crippen molar-refractivity contribution in [3.63, 3.8) is 0 Å². The highest BCUT2D eigenvalue weighted by molar-refractivity contribution is 5.94. The van der Waals surface area contributed by atoms with E-state index in [1.165, 1.54) is 12.5 Å². The molecule has 7 atom stereocenters. The van der Waals surface area contributed by atoms with Crippen LogP contribution in [0.15, 0.2) is 11.6 Å². The maximum absolute atomic E-state index is 13.8. The molecule has 12 nitrogen and oxygen atoms in total. The molecule has 236 valence electrons. The Labute approximate surface area is 249 Å². The SMILES string of the molecule is CC(=O)O[C@]1(C(=O)COC(=O)CCC(=O)N[C@H](CC(=O)O)C(=O)O)CC[C@@H]2[C@H]3CCC4=CC(=O)CC[C@]4(C)[C@@H]3CC[C@@]21C. The van der Waals surface area contributed by atoms with Crippen LogP contribution in [-0.2, 0) is 43.0 Å². The fourth-order valence-corrected chi connectivity index (χ4v) is 8.68. The van der Waals surface area contributed by atoms with E-state index < -0.39 is 78.5 Å². The minimum absolute atomic E-state index is 0.0607. The van der Waals surface area contributed by atoms with Gasteiger partial charge >= 0.3 is 23.9 Å². The van der Waals surface area contributed by atoms with E-state index in [2.05, 4.69) is 6.92 Å². The summed E-state index contributed by atoms with van der Waals surface area (Å²) in [5.74, 6) is -4.80. The summed E-state index contributed by atoms with van der Waals surface area (Å²) in [5, 5.41) is 19.9. The number of esters is 2. The molecule has 12 heteroatoms. The van der Waals surface area contributed by atoms with Gasteiger partial charge in [-0.2, -0.15) is 0 Å². The molecule has 4 rings (SSSR count). The summed E-state index contributed by atoms with van der Waals surface area (Å²) in [6.07, 6.45) is 5.65. The Bertz CT molecular complexity index is 1260. The van der Waals surface area contributed by atoms with Crippen molar-refractivity contribution in [1.29, 1.82) is 0 Å². The van der Waals surface area contributed by atoms with Crippen LogP contribution in [0.4, 0.5) is 0 Å². The number of hydrogen-bond acceptors (Lipinski definition) is 9. The molecule has 0 radical (unpaired) electrons.